The number of morpholine rings is 1. The number of ether oxygens (including phenoxy) is 1. The van der Waals surface area contributed by atoms with Crippen molar-refractivity contribution >= 4 is 11.7 Å². The molecule has 2 saturated heterocycles. The number of quaternary nitrogens is 1. The van der Waals surface area contributed by atoms with Gasteiger partial charge in [-0.15, -0.1) is 0 Å². The molecule has 31 heavy (non-hydrogen) atoms. The monoisotopic (exact) mass is 423 g/mol. The first-order chi connectivity index (χ1) is 15.2. The first kappa shape index (κ1) is 20.0. The second-order valence-corrected chi connectivity index (χ2v) is 8.53. The van der Waals surface area contributed by atoms with E-state index in [1.807, 2.05) is 17.0 Å². The van der Waals surface area contributed by atoms with Crippen molar-refractivity contribution in [3.63, 3.8) is 0 Å². The number of fused-ring (bicyclic) bond motifs is 1. The largest absolute Gasteiger partial charge is 0.461 e. The highest BCUT2D eigenvalue weighted by Gasteiger charge is 2.35. The molecule has 1 amide bonds. The number of piperazine rings is 1. The van der Waals surface area contributed by atoms with Crippen LogP contribution < -0.4 is 14.8 Å². The number of aromatic amines is 1. The van der Waals surface area contributed by atoms with E-state index in [9.17, 15) is 10.1 Å². The first-order valence-corrected chi connectivity index (χ1v) is 11.2. The third kappa shape index (κ3) is 3.91. The molecule has 2 aromatic rings. The molecule has 0 aromatic carbocycles. The number of nitriles is 1. The third-order valence-electron chi connectivity index (χ3n) is 6.73. The molecule has 0 unspecified atom stereocenters. The fourth-order valence-corrected chi connectivity index (χ4v) is 5.05. The Morgan fingerprint density at radius 2 is 1.94 bits per heavy atom. The minimum atomic E-state index is 0.216. The standard InChI is InChI=1S/C23H27N5O3/c24-15-19-17-3-1-4-18(17)22(20-5-2-12-31-20)25-23(19)28-8-6-26(7-9-28)16-21(29)27-10-13-30-14-11-27/h2,5,12H,1,3-4,6-11,13-14,16H2/p+2. The van der Waals surface area contributed by atoms with E-state index in [0.29, 0.717) is 32.8 Å². The Balaban J connectivity index is 1.33. The average Bonchev–Trinajstić information content (AvgIpc) is 3.52. The summed E-state index contributed by atoms with van der Waals surface area (Å²) in [7, 11) is 0. The summed E-state index contributed by atoms with van der Waals surface area (Å²) in [5.74, 6) is 1.94. The molecule has 8 nitrogen and oxygen atoms in total. The predicted molar refractivity (Wildman–Crippen MR) is 113 cm³/mol. The zero-order chi connectivity index (χ0) is 21.2. The molecule has 1 aliphatic carbocycles. The lowest BCUT2D eigenvalue weighted by molar-refractivity contribution is -0.892. The van der Waals surface area contributed by atoms with Crippen molar-refractivity contribution in [1.82, 2.24) is 4.90 Å². The smallest absolute Gasteiger partial charge is 0.293 e. The number of carbonyl (C=O) groups excluding carboxylic acids is 1. The van der Waals surface area contributed by atoms with Crippen molar-refractivity contribution in [2.24, 2.45) is 0 Å². The van der Waals surface area contributed by atoms with Gasteiger partial charge in [-0.05, 0) is 37.0 Å². The van der Waals surface area contributed by atoms with Crippen LogP contribution in [-0.4, -0.2) is 69.8 Å². The quantitative estimate of drug-likeness (QED) is 0.729. The number of pyridine rings is 1. The number of hydrogen-bond donors (Lipinski definition) is 1. The maximum absolute atomic E-state index is 12.6. The highest BCUT2D eigenvalue weighted by Crippen LogP contribution is 2.35. The van der Waals surface area contributed by atoms with Gasteiger partial charge in [-0.25, -0.2) is 9.88 Å². The molecule has 2 aliphatic heterocycles. The number of nitrogens with zero attached hydrogens (tertiary/aromatic N) is 3. The maximum atomic E-state index is 12.6. The average molecular weight is 424 g/mol. The second kappa shape index (κ2) is 8.69. The molecule has 0 spiro atoms. The van der Waals surface area contributed by atoms with Crippen molar-refractivity contribution in [3.8, 4) is 17.5 Å². The van der Waals surface area contributed by atoms with Gasteiger partial charge in [0.1, 0.15) is 37.8 Å². The van der Waals surface area contributed by atoms with Gasteiger partial charge in [0.15, 0.2) is 18.0 Å². The number of furan rings is 1. The van der Waals surface area contributed by atoms with E-state index in [-0.39, 0.29) is 5.91 Å². The lowest BCUT2D eigenvalue weighted by atomic mass is 10.0. The summed E-state index contributed by atoms with van der Waals surface area (Å²) in [6.45, 7) is 6.58. The minimum Gasteiger partial charge on any atom is -0.461 e. The second-order valence-electron chi connectivity index (χ2n) is 8.53. The fraction of sp³-hybridized carbons (Fsp3) is 0.522. The number of anilines is 1. The molecule has 2 N–H and O–H groups in total. The van der Waals surface area contributed by atoms with Crippen molar-refractivity contribution in [2.45, 2.75) is 19.3 Å². The van der Waals surface area contributed by atoms with Gasteiger partial charge in [0, 0.05) is 18.7 Å². The molecule has 0 saturated carbocycles. The number of H-pyrrole nitrogens is 1. The zero-order valence-electron chi connectivity index (χ0n) is 17.8. The van der Waals surface area contributed by atoms with Crippen LogP contribution in [0.25, 0.3) is 11.5 Å². The Morgan fingerprint density at radius 1 is 1.16 bits per heavy atom. The number of amides is 1. The number of hydrogen-bond acceptors (Lipinski definition) is 5. The number of aromatic nitrogens is 1. The molecule has 8 heteroatoms. The Morgan fingerprint density at radius 3 is 2.65 bits per heavy atom. The molecule has 2 fully saturated rings. The molecule has 5 rings (SSSR count). The van der Waals surface area contributed by atoms with E-state index in [0.717, 1.165) is 68.3 Å². The van der Waals surface area contributed by atoms with Gasteiger partial charge < -0.3 is 19.0 Å². The van der Waals surface area contributed by atoms with Crippen LogP contribution in [0.15, 0.2) is 22.8 Å². The van der Waals surface area contributed by atoms with E-state index >= 15 is 0 Å². The molecule has 3 aliphatic rings. The predicted octanol–water partition coefficient (Wildman–Crippen LogP) is -0.315. The summed E-state index contributed by atoms with van der Waals surface area (Å²) in [6.07, 6.45) is 4.66. The van der Waals surface area contributed by atoms with E-state index in [1.165, 1.54) is 16.0 Å². The Labute approximate surface area is 182 Å². The summed E-state index contributed by atoms with van der Waals surface area (Å²) in [4.78, 5) is 21.6. The van der Waals surface area contributed by atoms with Crippen LogP contribution in [0.2, 0.25) is 0 Å². The number of rotatable bonds is 4. The molecule has 2 aromatic heterocycles. The molecule has 162 valence electrons. The van der Waals surface area contributed by atoms with Crippen LogP contribution in [0, 0.1) is 11.3 Å². The summed E-state index contributed by atoms with van der Waals surface area (Å²) in [5, 5.41) is 9.96. The normalized spacial score (nSPS) is 19.3. The van der Waals surface area contributed by atoms with Crippen molar-refractivity contribution in [3.05, 3.63) is 35.1 Å². The molecular weight excluding hydrogens is 394 g/mol. The topological polar surface area (TPSA) is 88.3 Å². The van der Waals surface area contributed by atoms with Crippen LogP contribution in [0.4, 0.5) is 5.82 Å². The van der Waals surface area contributed by atoms with E-state index in [1.54, 1.807) is 6.26 Å². The third-order valence-corrected chi connectivity index (χ3v) is 6.73. The molecule has 0 bridgehead atoms. The van der Waals surface area contributed by atoms with Crippen LogP contribution in [0.3, 0.4) is 0 Å². The Bertz CT molecular complexity index is 984. The SMILES string of the molecule is N#Cc1c(N2CC[NH+](CC(=O)N3CCOCC3)CC2)[nH+]c(-c2ccco2)c2c1CCC2. The van der Waals surface area contributed by atoms with Gasteiger partial charge in [-0.2, -0.15) is 5.26 Å². The van der Waals surface area contributed by atoms with Crippen molar-refractivity contribution in [1.29, 1.82) is 5.26 Å². The number of nitrogens with one attached hydrogen (secondary N) is 2. The fourth-order valence-electron chi connectivity index (χ4n) is 5.05. The van der Waals surface area contributed by atoms with Crippen LogP contribution in [-0.2, 0) is 22.4 Å². The van der Waals surface area contributed by atoms with Gasteiger partial charge in [0.2, 0.25) is 0 Å². The summed E-state index contributed by atoms with van der Waals surface area (Å²) in [6, 6.07) is 6.34. The number of carbonyl (C=O) groups is 1. The van der Waals surface area contributed by atoms with E-state index in [4.69, 9.17) is 9.15 Å². The molecule has 4 heterocycles. The highest BCUT2D eigenvalue weighted by atomic mass is 16.5. The highest BCUT2D eigenvalue weighted by molar-refractivity contribution is 5.77. The van der Waals surface area contributed by atoms with Crippen LogP contribution in [0.1, 0.15) is 23.1 Å². The Kier molecular flexibility index (Phi) is 5.62. The van der Waals surface area contributed by atoms with Gasteiger partial charge in [-0.1, -0.05) is 0 Å². The lowest BCUT2D eigenvalue weighted by Gasteiger charge is -2.31. The van der Waals surface area contributed by atoms with Crippen molar-refractivity contribution in [2.75, 3.05) is 63.9 Å². The summed E-state index contributed by atoms with van der Waals surface area (Å²) >= 11 is 0. The van der Waals surface area contributed by atoms with Gasteiger partial charge >= 0.3 is 0 Å². The maximum Gasteiger partial charge on any atom is 0.293 e. The molecule has 0 atom stereocenters. The molecular formula is C23H29N5O3+2. The zero-order valence-corrected chi connectivity index (χ0v) is 17.8. The van der Waals surface area contributed by atoms with Gasteiger partial charge in [0.25, 0.3) is 11.7 Å². The van der Waals surface area contributed by atoms with Crippen molar-refractivity contribution < 1.29 is 23.8 Å². The summed E-state index contributed by atoms with van der Waals surface area (Å²) < 4.78 is 11.0. The first-order valence-electron chi connectivity index (χ1n) is 11.2. The summed E-state index contributed by atoms with van der Waals surface area (Å²) in [5.41, 5.74) is 4.16. The van der Waals surface area contributed by atoms with Crippen LogP contribution >= 0.6 is 0 Å². The van der Waals surface area contributed by atoms with Gasteiger partial charge in [0.05, 0.1) is 19.5 Å². The van der Waals surface area contributed by atoms with Crippen LogP contribution in [0.5, 0.6) is 0 Å². The van der Waals surface area contributed by atoms with E-state index < -0.39 is 0 Å². The Hall–Kier alpha value is -2.89. The molecule has 0 radical (unpaired) electrons. The van der Waals surface area contributed by atoms with Gasteiger partial charge in [-0.3, -0.25) is 4.79 Å². The van der Waals surface area contributed by atoms with E-state index in [2.05, 4.69) is 16.0 Å². The lowest BCUT2D eigenvalue weighted by Crippen LogP contribution is -3.16. The minimum absolute atomic E-state index is 0.216.